The van der Waals surface area contributed by atoms with Gasteiger partial charge in [0.25, 0.3) is 0 Å². The first-order valence-electron chi connectivity index (χ1n) is 11.4. The van der Waals surface area contributed by atoms with Crippen molar-refractivity contribution in [3.8, 4) is 0 Å². The Morgan fingerprint density at radius 1 is 0.643 bits per heavy atom. The molecule has 28 heavy (non-hydrogen) atoms. The van der Waals surface area contributed by atoms with Crippen molar-refractivity contribution >= 4 is 11.9 Å². The Labute approximate surface area is 172 Å². The van der Waals surface area contributed by atoms with E-state index in [1.54, 1.807) is 7.11 Å². The van der Waals surface area contributed by atoms with Crippen LogP contribution in [0.3, 0.4) is 0 Å². The molecule has 0 aliphatic rings. The minimum atomic E-state index is -0.128. The predicted octanol–water partition coefficient (Wildman–Crippen LogP) is 5.84. The summed E-state index contributed by atoms with van der Waals surface area (Å²) in [6.07, 6.45) is 13.4. The van der Waals surface area contributed by atoms with Crippen LogP contribution in [0.5, 0.6) is 0 Å². The van der Waals surface area contributed by atoms with Gasteiger partial charge >= 0.3 is 11.9 Å². The monoisotopic (exact) mass is 400 g/mol. The quantitative estimate of drug-likeness (QED) is 0.190. The first kappa shape index (κ1) is 26.9. The van der Waals surface area contributed by atoms with E-state index in [1.165, 1.54) is 32.1 Å². The van der Waals surface area contributed by atoms with Gasteiger partial charge < -0.3 is 14.2 Å². The van der Waals surface area contributed by atoms with E-state index < -0.39 is 0 Å². The summed E-state index contributed by atoms with van der Waals surface area (Å²) in [6.45, 7) is 6.09. The highest BCUT2D eigenvalue weighted by Gasteiger charge is 2.11. The number of hydrogen-bond donors (Lipinski definition) is 0. The average Bonchev–Trinajstić information content (AvgIpc) is 2.68. The molecular weight excluding hydrogens is 356 g/mol. The molecule has 1 atom stereocenters. The number of rotatable bonds is 20. The van der Waals surface area contributed by atoms with E-state index in [4.69, 9.17) is 14.2 Å². The Morgan fingerprint density at radius 3 is 1.82 bits per heavy atom. The molecule has 0 saturated heterocycles. The van der Waals surface area contributed by atoms with Crippen molar-refractivity contribution < 1.29 is 23.8 Å². The number of unbranched alkanes of at least 4 members (excludes halogenated alkanes) is 6. The summed E-state index contributed by atoms with van der Waals surface area (Å²) < 4.78 is 15.7. The molecule has 0 fully saturated rings. The highest BCUT2D eigenvalue weighted by Crippen LogP contribution is 2.18. The molecule has 0 spiro atoms. The first-order valence-corrected chi connectivity index (χ1v) is 11.4. The Morgan fingerprint density at radius 2 is 1.21 bits per heavy atom. The Bertz CT molecular complexity index is 370. The largest absolute Gasteiger partial charge is 0.466 e. The number of methoxy groups -OCH3 is 1. The lowest BCUT2D eigenvalue weighted by Crippen LogP contribution is -2.12. The normalized spacial score (nSPS) is 12.0. The van der Waals surface area contributed by atoms with Crippen molar-refractivity contribution in [2.24, 2.45) is 5.92 Å². The molecule has 0 bridgehead atoms. The Kier molecular flexibility index (Phi) is 19.8. The zero-order valence-electron chi connectivity index (χ0n) is 18.6. The smallest absolute Gasteiger partial charge is 0.305 e. The van der Waals surface area contributed by atoms with Crippen molar-refractivity contribution in [2.45, 2.75) is 104 Å². The molecule has 5 heteroatoms. The standard InChI is InChI=1S/C23H44O5/c1-4-6-8-10-13-21(16-19-26-3)17-20-28-23(25)15-12-9-11-14-22(24)27-18-7-5-2/h21H,4-20H2,1-3H3. The third-order valence-electron chi connectivity index (χ3n) is 5.01. The minimum Gasteiger partial charge on any atom is -0.466 e. The topological polar surface area (TPSA) is 61.8 Å². The maximum Gasteiger partial charge on any atom is 0.305 e. The van der Waals surface area contributed by atoms with Gasteiger partial charge in [0.05, 0.1) is 13.2 Å². The van der Waals surface area contributed by atoms with Gasteiger partial charge in [0.2, 0.25) is 0 Å². The summed E-state index contributed by atoms with van der Waals surface area (Å²) in [4.78, 5) is 23.4. The van der Waals surface area contributed by atoms with Gasteiger partial charge in [0, 0.05) is 26.6 Å². The van der Waals surface area contributed by atoms with Crippen molar-refractivity contribution in [1.82, 2.24) is 0 Å². The second-order valence-corrected chi connectivity index (χ2v) is 7.64. The minimum absolute atomic E-state index is 0.123. The van der Waals surface area contributed by atoms with E-state index in [-0.39, 0.29) is 11.9 Å². The average molecular weight is 401 g/mol. The van der Waals surface area contributed by atoms with Gasteiger partial charge in [-0.3, -0.25) is 9.59 Å². The molecule has 0 rings (SSSR count). The number of hydrogen-bond acceptors (Lipinski definition) is 5. The third kappa shape index (κ3) is 18.3. The molecule has 166 valence electrons. The van der Waals surface area contributed by atoms with Crippen molar-refractivity contribution in [3.63, 3.8) is 0 Å². The number of carbonyl (C=O) groups is 2. The van der Waals surface area contributed by atoms with Gasteiger partial charge in [0.1, 0.15) is 0 Å². The molecule has 0 aromatic rings. The van der Waals surface area contributed by atoms with Gasteiger partial charge in [-0.25, -0.2) is 0 Å². The molecule has 0 radical (unpaired) electrons. The predicted molar refractivity (Wildman–Crippen MR) is 113 cm³/mol. The number of esters is 2. The lowest BCUT2D eigenvalue weighted by atomic mass is 9.95. The summed E-state index contributed by atoms with van der Waals surface area (Å²) in [6, 6.07) is 0. The van der Waals surface area contributed by atoms with E-state index in [1.807, 2.05) is 0 Å². The van der Waals surface area contributed by atoms with Gasteiger partial charge in [0.15, 0.2) is 0 Å². The SMILES string of the molecule is CCCCCCC(CCOC)CCOC(=O)CCCCCC(=O)OCCCC. The molecule has 5 nitrogen and oxygen atoms in total. The summed E-state index contributed by atoms with van der Waals surface area (Å²) in [5.74, 6) is 0.322. The number of carbonyl (C=O) groups excluding carboxylic acids is 2. The summed E-state index contributed by atoms with van der Waals surface area (Å²) in [5.41, 5.74) is 0. The van der Waals surface area contributed by atoms with E-state index >= 15 is 0 Å². The summed E-state index contributed by atoms with van der Waals surface area (Å²) in [5, 5.41) is 0. The van der Waals surface area contributed by atoms with Crippen LogP contribution in [0.4, 0.5) is 0 Å². The highest BCUT2D eigenvalue weighted by molar-refractivity contribution is 5.69. The van der Waals surface area contributed by atoms with Crippen molar-refractivity contribution in [3.05, 3.63) is 0 Å². The molecule has 0 aliphatic heterocycles. The second kappa shape index (κ2) is 20.6. The van der Waals surface area contributed by atoms with E-state index in [0.29, 0.717) is 32.0 Å². The molecule has 0 amide bonds. The van der Waals surface area contributed by atoms with Crippen molar-refractivity contribution in [2.75, 3.05) is 26.9 Å². The van der Waals surface area contributed by atoms with Crippen LogP contribution in [0.25, 0.3) is 0 Å². The van der Waals surface area contributed by atoms with Gasteiger partial charge in [-0.15, -0.1) is 0 Å². The van der Waals surface area contributed by atoms with E-state index in [2.05, 4.69) is 13.8 Å². The fourth-order valence-electron chi connectivity index (χ4n) is 3.11. The number of ether oxygens (including phenoxy) is 3. The molecule has 0 aromatic heterocycles. The maximum absolute atomic E-state index is 11.9. The van der Waals surface area contributed by atoms with Crippen LogP contribution in [0.2, 0.25) is 0 Å². The van der Waals surface area contributed by atoms with Crippen LogP contribution in [-0.4, -0.2) is 38.9 Å². The second-order valence-electron chi connectivity index (χ2n) is 7.64. The lowest BCUT2D eigenvalue weighted by Gasteiger charge is -2.16. The van der Waals surface area contributed by atoms with Gasteiger partial charge in [-0.1, -0.05) is 58.8 Å². The zero-order chi connectivity index (χ0) is 20.9. The molecule has 0 aliphatic carbocycles. The highest BCUT2D eigenvalue weighted by atomic mass is 16.5. The van der Waals surface area contributed by atoms with Crippen LogP contribution in [-0.2, 0) is 23.8 Å². The third-order valence-corrected chi connectivity index (χ3v) is 5.01. The molecule has 0 heterocycles. The molecule has 1 unspecified atom stereocenters. The van der Waals surface area contributed by atoms with Crippen LogP contribution in [0, 0.1) is 5.92 Å². The maximum atomic E-state index is 11.9. The molecule has 0 saturated carbocycles. The van der Waals surface area contributed by atoms with Crippen LogP contribution < -0.4 is 0 Å². The Hall–Kier alpha value is -1.10. The van der Waals surface area contributed by atoms with Gasteiger partial charge in [-0.05, 0) is 38.0 Å². The molecule has 0 N–H and O–H groups in total. The molecular formula is C23H44O5. The van der Waals surface area contributed by atoms with Crippen LogP contribution in [0.1, 0.15) is 104 Å². The Balaban J connectivity index is 3.71. The van der Waals surface area contributed by atoms with Crippen LogP contribution in [0.15, 0.2) is 0 Å². The molecule has 0 aromatic carbocycles. The first-order chi connectivity index (χ1) is 13.6. The van der Waals surface area contributed by atoms with E-state index in [0.717, 1.165) is 51.6 Å². The van der Waals surface area contributed by atoms with Crippen molar-refractivity contribution in [1.29, 1.82) is 0 Å². The van der Waals surface area contributed by atoms with Gasteiger partial charge in [-0.2, -0.15) is 0 Å². The summed E-state index contributed by atoms with van der Waals surface area (Å²) in [7, 11) is 1.74. The zero-order valence-corrected chi connectivity index (χ0v) is 18.6. The van der Waals surface area contributed by atoms with Crippen LogP contribution >= 0.6 is 0 Å². The fraction of sp³-hybridized carbons (Fsp3) is 0.913. The fourth-order valence-corrected chi connectivity index (χ4v) is 3.11. The lowest BCUT2D eigenvalue weighted by molar-refractivity contribution is -0.144. The van der Waals surface area contributed by atoms with E-state index in [9.17, 15) is 9.59 Å². The summed E-state index contributed by atoms with van der Waals surface area (Å²) >= 11 is 0.